The Morgan fingerprint density at radius 1 is 1.16 bits per heavy atom. The monoisotopic (exact) mass is 470 g/mol. The van der Waals surface area contributed by atoms with E-state index in [2.05, 4.69) is 15.6 Å². The van der Waals surface area contributed by atoms with Crippen molar-refractivity contribution in [2.24, 2.45) is 0 Å². The van der Waals surface area contributed by atoms with Crippen molar-refractivity contribution in [3.63, 3.8) is 0 Å². The Hall–Kier alpha value is -3.34. The first-order valence-electron chi connectivity index (χ1n) is 9.39. The zero-order valence-corrected chi connectivity index (χ0v) is 17.0. The highest BCUT2D eigenvalue weighted by atomic mass is 35.5. The van der Waals surface area contributed by atoms with Gasteiger partial charge in [-0.25, -0.2) is 9.07 Å². The summed E-state index contributed by atoms with van der Waals surface area (Å²) in [7, 11) is 0. The number of fused-ring (bicyclic) bond motifs is 1. The number of alkyl halides is 3. The molecule has 0 atom stereocenters. The largest absolute Gasteiger partial charge is 0.489 e. The molecular weight excluding hydrogens is 456 g/mol. The van der Waals surface area contributed by atoms with Gasteiger partial charge in [-0.1, -0.05) is 16.8 Å². The minimum Gasteiger partial charge on any atom is -0.489 e. The molecule has 1 aliphatic rings. The number of halogens is 5. The number of nitrogens with zero attached hydrogens (tertiary/aromatic N) is 3. The molecule has 0 radical (unpaired) electrons. The van der Waals surface area contributed by atoms with Crippen LogP contribution >= 0.6 is 11.6 Å². The van der Waals surface area contributed by atoms with Crippen LogP contribution in [0.1, 0.15) is 28.2 Å². The quantitative estimate of drug-likeness (QED) is 0.579. The fourth-order valence-corrected chi connectivity index (χ4v) is 3.39. The SMILES string of the molecule is O=C(NCc1cc(Cl)c2c(c1)OCCCO2)c1nnn(-c2ccc(F)cc2)c1C(F)(F)F. The smallest absolute Gasteiger partial charge is 0.435 e. The lowest BCUT2D eigenvalue weighted by Gasteiger charge is -2.13. The summed E-state index contributed by atoms with van der Waals surface area (Å²) in [5.74, 6) is -0.957. The van der Waals surface area contributed by atoms with Crippen molar-refractivity contribution in [3.05, 3.63) is 64.2 Å². The molecule has 0 saturated heterocycles. The lowest BCUT2D eigenvalue weighted by molar-refractivity contribution is -0.143. The maximum absolute atomic E-state index is 13.7. The number of carbonyl (C=O) groups is 1. The van der Waals surface area contributed by atoms with Crippen LogP contribution in [-0.4, -0.2) is 34.1 Å². The van der Waals surface area contributed by atoms with Gasteiger partial charge in [-0.15, -0.1) is 5.10 Å². The Labute approximate surface area is 183 Å². The van der Waals surface area contributed by atoms with E-state index in [1.165, 1.54) is 6.07 Å². The molecule has 12 heteroatoms. The molecule has 1 aromatic heterocycles. The van der Waals surface area contributed by atoms with Crippen LogP contribution in [0, 0.1) is 5.82 Å². The first-order valence-corrected chi connectivity index (χ1v) is 9.77. The van der Waals surface area contributed by atoms with E-state index in [1.54, 1.807) is 6.07 Å². The summed E-state index contributed by atoms with van der Waals surface area (Å²) in [4.78, 5) is 12.5. The van der Waals surface area contributed by atoms with E-state index in [0.29, 0.717) is 41.4 Å². The standard InChI is InChI=1S/C20H15ClF4N4O3/c21-14-8-11(9-15-17(14)32-7-1-6-31-15)10-26-19(30)16-18(20(23,24)25)29(28-27-16)13-4-2-12(22)3-5-13/h2-5,8-9H,1,6-7,10H2,(H,26,30). The molecular formula is C20H15ClF4N4O3. The fraction of sp³-hybridized carbons (Fsp3) is 0.250. The Morgan fingerprint density at radius 3 is 2.59 bits per heavy atom. The normalized spacial score (nSPS) is 13.5. The lowest BCUT2D eigenvalue weighted by atomic mass is 10.2. The van der Waals surface area contributed by atoms with Gasteiger partial charge in [0.05, 0.1) is 23.9 Å². The topological polar surface area (TPSA) is 78.3 Å². The average molecular weight is 471 g/mol. The average Bonchev–Trinajstić information content (AvgIpc) is 3.06. The van der Waals surface area contributed by atoms with Crippen molar-refractivity contribution >= 4 is 17.5 Å². The minimum atomic E-state index is -4.94. The molecule has 0 bridgehead atoms. The van der Waals surface area contributed by atoms with Crippen LogP contribution in [0.25, 0.3) is 5.69 Å². The summed E-state index contributed by atoms with van der Waals surface area (Å²) in [6.07, 6.45) is -4.27. The molecule has 1 aliphatic heterocycles. The third-order valence-electron chi connectivity index (χ3n) is 4.54. The summed E-state index contributed by atoms with van der Waals surface area (Å²) in [6, 6.07) is 7.26. The van der Waals surface area contributed by atoms with Crippen LogP contribution in [-0.2, 0) is 12.7 Å². The molecule has 2 heterocycles. The minimum absolute atomic E-state index is 0.0973. The zero-order valence-electron chi connectivity index (χ0n) is 16.2. The van der Waals surface area contributed by atoms with E-state index in [4.69, 9.17) is 21.1 Å². The highest BCUT2D eigenvalue weighted by Crippen LogP contribution is 2.38. The molecule has 1 N–H and O–H groups in total. The van der Waals surface area contributed by atoms with Crippen LogP contribution in [0.4, 0.5) is 17.6 Å². The third-order valence-corrected chi connectivity index (χ3v) is 4.82. The van der Waals surface area contributed by atoms with Gasteiger partial charge in [-0.05, 0) is 42.0 Å². The number of amides is 1. The number of hydrogen-bond donors (Lipinski definition) is 1. The van der Waals surface area contributed by atoms with Gasteiger partial charge in [0.2, 0.25) is 0 Å². The predicted octanol–water partition coefficient (Wildman–Crippen LogP) is 4.17. The molecule has 7 nitrogen and oxygen atoms in total. The van der Waals surface area contributed by atoms with Gasteiger partial charge in [-0.3, -0.25) is 4.79 Å². The number of aromatic nitrogens is 3. The second-order valence-electron chi connectivity index (χ2n) is 6.81. The zero-order chi connectivity index (χ0) is 22.9. The lowest BCUT2D eigenvalue weighted by Crippen LogP contribution is -2.27. The van der Waals surface area contributed by atoms with Crippen molar-refractivity contribution in [2.45, 2.75) is 19.1 Å². The molecule has 0 fully saturated rings. The molecule has 1 amide bonds. The van der Waals surface area contributed by atoms with Gasteiger partial charge in [0.15, 0.2) is 22.9 Å². The number of nitrogens with one attached hydrogen (secondary N) is 1. The summed E-state index contributed by atoms with van der Waals surface area (Å²) in [5.41, 5.74) is -1.90. The van der Waals surface area contributed by atoms with Gasteiger partial charge >= 0.3 is 6.18 Å². The maximum Gasteiger partial charge on any atom is 0.435 e. The molecule has 32 heavy (non-hydrogen) atoms. The van der Waals surface area contributed by atoms with Crippen LogP contribution in [0.5, 0.6) is 11.5 Å². The number of carbonyl (C=O) groups excluding carboxylic acids is 1. The van der Waals surface area contributed by atoms with Crippen LogP contribution in [0.2, 0.25) is 5.02 Å². The molecule has 0 unspecified atom stereocenters. The highest BCUT2D eigenvalue weighted by molar-refractivity contribution is 6.32. The molecule has 0 aliphatic carbocycles. The van der Waals surface area contributed by atoms with E-state index in [0.717, 1.165) is 24.3 Å². The van der Waals surface area contributed by atoms with Gasteiger partial charge < -0.3 is 14.8 Å². The van der Waals surface area contributed by atoms with Gasteiger partial charge in [0.25, 0.3) is 5.91 Å². The second kappa shape index (κ2) is 8.65. The van der Waals surface area contributed by atoms with Gasteiger partial charge in [0, 0.05) is 13.0 Å². The first kappa shape index (κ1) is 21.9. The Balaban J connectivity index is 1.58. The van der Waals surface area contributed by atoms with Crippen molar-refractivity contribution < 1.29 is 31.8 Å². The molecule has 2 aromatic carbocycles. The van der Waals surface area contributed by atoms with E-state index in [1.807, 2.05) is 0 Å². The highest BCUT2D eigenvalue weighted by Gasteiger charge is 2.42. The molecule has 0 spiro atoms. The Bertz CT molecular complexity index is 1150. The van der Waals surface area contributed by atoms with Crippen molar-refractivity contribution in [3.8, 4) is 17.2 Å². The van der Waals surface area contributed by atoms with Crippen molar-refractivity contribution in [1.29, 1.82) is 0 Å². The number of rotatable bonds is 4. The molecule has 168 valence electrons. The maximum atomic E-state index is 13.7. The van der Waals surface area contributed by atoms with E-state index < -0.39 is 29.3 Å². The predicted molar refractivity (Wildman–Crippen MR) is 105 cm³/mol. The van der Waals surface area contributed by atoms with Crippen molar-refractivity contribution in [2.75, 3.05) is 13.2 Å². The fourth-order valence-electron chi connectivity index (χ4n) is 3.10. The third kappa shape index (κ3) is 4.47. The summed E-state index contributed by atoms with van der Waals surface area (Å²) in [5, 5.41) is 9.49. The summed E-state index contributed by atoms with van der Waals surface area (Å²) in [6.45, 7) is 0.712. The molecule has 3 aromatic rings. The number of hydrogen-bond acceptors (Lipinski definition) is 5. The van der Waals surface area contributed by atoms with E-state index in [-0.39, 0.29) is 17.3 Å². The van der Waals surface area contributed by atoms with E-state index >= 15 is 0 Å². The summed E-state index contributed by atoms with van der Waals surface area (Å²) >= 11 is 6.20. The van der Waals surface area contributed by atoms with Crippen molar-refractivity contribution in [1.82, 2.24) is 20.3 Å². The Kier molecular flexibility index (Phi) is 5.92. The number of ether oxygens (including phenoxy) is 2. The summed E-state index contributed by atoms with van der Waals surface area (Å²) < 4.78 is 65.8. The molecule has 4 rings (SSSR count). The van der Waals surface area contributed by atoms with Gasteiger partial charge in [0.1, 0.15) is 5.82 Å². The van der Waals surface area contributed by atoms with E-state index in [9.17, 15) is 22.4 Å². The Morgan fingerprint density at radius 2 is 1.88 bits per heavy atom. The number of benzene rings is 2. The van der Waals surface area contributed by atoms with Gasteiger partial charge in [-0.2, -0.15) is 13.2 Å². The second-order valence-corrected chi connectivity index (χ2v) is 7.22. The molecule has 0 saturated carbocycles. The van der Waals surface area contributed by atoms with Crippen LogP contribution < -0.4 is 14.8 Å². The first-order chi connectivity index (χ1) is 15.2. The van der Waals surface area contributed by atoms with Crippen LogP contribution in [0.15, 0.2) is 36.4 Å². The van der Waals surface area contributed by atoms with Crippen LogP contribution in [0.3, 0.4) is 0 Å².